The maximum atomic E-state index is 12.8. The molecule has 0 spiro atoms. The highest BCUT2D eigenvalue weighted by Gasteiger charge is 2.23. The number of hydrogen-bond donors (Lipinski definition) is 2. The van der Waals surface area contributed by atoms with Crippen LogP contribution < -0.4 is 9.46 Å². The molecule has 4 rings (SSSR count). The number of amides is 1. The number of non-ortho nitro benzene ring substituents is 1. The van der Waals surface area contributed by atoms with E-state index >= 15 is 0 Å². The topological polar surface area (TPSA) is 131 Å². The van der Waals surface area contributed by atoms with Gasteiger partial charge >= 0.3 is 0 Å². The standard InChI is InChI=1S/C21H15N3O6S/c25-21(23-31(28,29)15-6-3-5-14(13-15)24(26)27)17-7-1-2-9-20(17)30-19-10-4-8-18-16(19)11-12-22-18/h1-13,22H,(H,23,25). The molecule has 4 aromatic rings. The van der Waals surface area contributed by atoms with Crippen molar-refractivity contribution in [2.24, 2.45) is 0 Å². The van der Waals surface area contributed by atoms with Crippen LogP contribution in [0.3, 0.4) is 0 Å². The molecule has 0 aliphatic carbocycles. The number of ether oxygens (including phenoxy) is 1. The molecule has 1 aromatic heterocycles. The maximum Gasteiger partial charge on any atom is 0.270 e. The first-order valence-corrected chi connectivity index (χ1v) is 10.5. The molecule has 3 aromatic carbocycles. The molecule has 2 N–H and O–H groups in total. The summed E-state index contributed by atoms with van der Waals surface area (Å²) in [6.07, 6.45) is 1.75. The highest BCUT2D eigenvalue weighted by molar-refractivity contribution is 7.90. The monoisotopic (exact) mass is 437 g/mol. The molecule has 0 saturated heterocycles. The molecule has 1 heterocycles. The Labute approximate surface area is 176 Å². The molecule has 31 heavy (non-hydrogen) atoms. The van der Waals surface area contributed by atoms with E-state index in [1.165, 1.54) is 12.1 Å². The lowest BCUT2D eigenvalue weighted by Gasteiger charge is -2.12. The van der Waals surface area contributed by atoms with Gasteiger partial charge in [0, 0.05) is 29.2 Å². The van der Waals surface area contributed by atoms with Gasteiger partial charge in [0.05, 0.1) is 15.4 Å². The molecule has 0 saturated carbocycles. The lowest BCUT2D eigenvalue weighted by molar-refractivity contribution is -0.385. The number of hydrogen-bond acceptors (Lipinski definition) is 6. The summed E-state index contributed by atoms with van der Waals surface area (Å²) in [4.78, 5) is 25.6. The van der Waals surface area contributed by atoms with E-state index < -0.39 is 31.4 Å². The number of nitrogens with one attached hydrogen (secondary N) is 2. The Morgan fingerprint density at radius 3 is 2.52 bits per heavy atom. The van der Waals surface area contributed by atoms with Crippen molar-refractivity contribution in [3.63, 3.8) is 0 Å². The molecule has 9 nitrogen and oxygen atoms in total. The number of para-hydroxylation sites is 1. The smallest absolute Gasteiger partial charge is 0.270 e. The Morgan fingerprint density at radius 2 is 1.71 bits per heavy atom. The molecular weight excluding hydrogens is 422 g/mol. The second-order valence-corrected chi connectivity index (χ2v) is 8.16. The van der Waals surface area contributed by atoms with Crippen LogP contribution in [0.4, 0.5) is 5.69 Å². The van der Waals surface area contributed by atoms with Crippen molar-refractivity contribution in [1.82, 2.24) is 9.71 Å². The first kappa shape index (κ1) is 20.1. The second-order valence-electron chi connectivity index (χ2n) is 6.48. The summed E-state index contributed by atoms with van der Waals surface area (Å²) in [5.74, 6) is -0.285. The van der Waals surface area contributed by atoms with E-state index in [-0.39, 0.29) is 11.3 Å². The maximum absolute atomic E-state index is 12.8. The summed E-state index contributed by atoms with van der Waals surface area (Å²) in [6, 6.07) is 17.8. The largest absolute Gasteiger partial charge is 0.456 e. The Morgan fingerprint density at radius 1 is 0.968 bits per heavy atom. The zero-order valence-corrected chi connectivity index (χ0v) is 16.6. The van der Waals surface area contributed by atoms with Gasteiger partial charge in [-0.2, -0.15) is 0 Å². The number of nitro groups is 1. The zero-order chi connectivity index (χ0) is 22.0. The number of rotatable bonds is 6. The van der Waals surface area contributed by atoms with Crippen molar-refractivity contribution < 1.29 is 22.9 Å². The molecule has 0 aliphatic heterocycles. The number of fused-ring (bicyclic) bond motifs is 1. The fourth-order valence-electron chi connectivity index (χ4n) is 3.01. The van der Waals surface area contributed by atoms with Crippen LogP contribution in [0, 0.1) is 10.1 Å². The van der Waals surface area contributed by atoms with Crippen LogP contribution in [-0.4, -0.2) is 24.2 Å². The number of nitrogens with zero attached hydrogens (tertiary/aromatic N) is 1. The van der Waals surface area contributed by atoms with E-state index in [1.54, 1.807) is 36.5 Å². The Balaban J connectivity index is 1.63. The molecule has 0 unspecified atom stereocenters. The molecule has 156 valence electrons. The number of nitro benzene ring substituents is 1. The highest BCUT2D eigenvalue weighted by Crippen LogP contribution is 2.31. The van der Waals surface area contributed by atoms with E-state index in [4.69, 9.17) is 4.74 Å². The SMILES string of the molecule is O=C(NS(=O)(=O)c1cccc([N+](=O)[O-])c1)c1ccccc1Oc1cccc2[nH]ccc12. The highest BCUT2D eigenvalue weighted by atomic mass is 32.2. The van der Waals surface area contributed by atoms with Crippen LogP contribution in [-0.2, 0) is 10.0 Å². The summed E-state index contributed by atoms with van der Waals surface area (Å²) < 4.78 is 33.0. The first-order valence-electron chi connectivity index (χ1n) is 9.00. The lowest BCUT2D eigenvalue weighted by atomic mass is 10.2. The lowest BCUT2D eigenvalue weighted by Crippen LogP contribution is -2.30. The van der Waals surface area contributed by atoms with Gasteiger partial charge in [-0.15, -0.1) is 0 Å². The van der Waals surface area contributed by atoms with Crippen LogP contribution in [0.15, 0.2) is 83.9 Å². The van der Waals surface area contributed by atoms with Crippen LogP contribution in [0.1, 0.15) is 10.4 Å². The number of H-pyrrole nitrogens is 1. The normalized spacial score (nSPS) is 11.2. The average molecular weight is 437 g/mol. The number of aromatic nitrogens is 1. The second kappa shape index (κ2) is 7.92. The summed E-state index contributed by atoms with van der Waals surface area (Å²) in [6.45, 7) is 0. The van der Waals surface area contributed by atoms with Crippen LogP contribution in [0.25, 0.3) is 10.9 Å². The van der Waals surface area contributed by atoms with Crippen LogP contribution >= 0.6 is 0 Å². The van der Waals surface area contributed by atoms with Crippen LogP contribution in [0.2, 0.25) is 0 Å². The molecule has 0 aliphatic rings. The minimum atomic E-state index is -4.34. The zero-order valence-electron chi connectivity index (χ0n) is 15.8. The van der Waals surface area contributed by atoms with E-state index in [0.717, 1.165) is 29.1 Å². The number of carbonyl (C=O) groups is 1. The van der Waals surface area contributed by atoms with E-state index in [1.807, 2.05) is 16.9 Å². The third-order valence-corrected chi connectivity index (χ3v) is 5.80. The number of aromatic amines is 1. The molecular formula is C21H15N3O6S. The van der Waals surface area contributed by atoms with E-state index in [2.05, 4.69) is 4.98 Å². The molecule has 10 heteroatoms. The van der Waals surface area contributed by atoms with Crippen molar-refractivity contribution in [2.75, 3.05) is 0 Å². The third kappa shape index (κ3) is 4.09. The molecule has 0 bridgehead atoms. The Kier molecular flexibility index (Phi) is 5.14. The Hall–Kier alpha value is -4.18. The summed E-state index contributed by atoms with van der Waals surface area (Å²) in [5, 5.41) is 11.7. The van der Waals surface area contributed by atoms with Gasteiger partial charge in [0.1, 0.15) is 11.5 Å². The molecule has 0 fully saturated rings. The van der Waals surface area contributed by atoms with Gasteiger partial charge in [-0.1, -0.05) is 24.3 Å². The van der Waals surface area contributed by atoms with E-state index in [0.29, 0.717) is 5.75 Å². The van der Waals surface area contributed by atoms with Crippen molar-refractivity contribution >= 4 is 32.5 Å². The van der Waals surface area contributed by atoms with Crippen LogP contribution in [0.5, 0.6) is 11.5 Å². The third-order valence-electron chi connectivity index (χ3n) is 4.47. The number of sulfonamides is 1. The number of carbonyl (C=O) groups excluding carboxylic acids is 1. The van der Waals surface area contributed by atoms with Gasteiger partial charge < -0.3 is 9.72 Å². The van der Waals surface area contributed by atoms with Gasteiger partial charge in [-0.05, 0) is 36.4 Å². The number of benzene rings is 3. The molecule has 0 radical (unpaired) electrons. The van der Waals surface area contributed by atoms with Crippen molar-refractivity contribution in [2.45, 2.75) is 4.90 Å². The summed E-state index contributed by atoms with van der Waals surface area (Å²) in [7, 11) is -4.34. The fourth-order valence-corrected chi connectivity index (χ4v) is 4.01. The predicted molar refractivity (Wildman–Crippen MR) is 113 cm³/mol. The quantitative estimate of drug-likeness (QED) is 0.346. The molecule has 1 amide bonds. The van der Waals surface area contributed by atoms with Gasteiger partial charge in [0.15, 0.2) is 0 Å². The van der Waals surface area contributed by atoms with Crippen molar-refractivity contribution in [1.29, 1.82) is 0 Å². The van der Waals surface area contributed by atoms with E-state index in [9.17, 15) is 23.3 Å². The fraction of sp³-hybridized carbons (Fsp3) is 0. The minimum absolute atomic E-state index is 0.0101. The summed E-state index contributed by atoms with van der Waals surface area (Å²) in [5.41, 5.74) is 0.426. The minimum Gasteiger partial charge on any atom is -0.456 e. The summed E-state index contributed by atoms with van der Waals surface area (Å²) >= 11 is 0. The first-order chi connectivity index (χ1) is 14.8. The van der Waals surface area contributed by atoms with Gasteiger partial charge in [0.25, 0.3) is 21.6 Å². The average Bonchev–Trinajstić information content (AvgIpc) is 3.24. The van der Waals surface area contributed by atoms with Gasteiger partial charge in [-0.3, -0.25) is 14.9 Å². The molecule has 0 atom stereocenters. The van der Waals surface area contributed by atoms with Gasteiger partial charge in [0.2, 0.25) is 0 Å². The van der Waals surface area contributed by atoms with Gasteiger partial charge in [-0.25, -0.2) is 13.1 Å². The Bertz CT molecular complexity index is 1410. The van der Waals surface area contributed by atoms with Crippen molar-refractivity contribution in [3.05, 3.63) is 94.7 Å². The van der Waals surface area contributed by atoms with Crippen molar-refractivity contribution in [3.8, 4) is 11.5 Å². The predicted octanol–water partition coefficient (Wildman–Crippen LogP) is 3.99.